The summed E-state index contributed by atoms with van der Waals surface area (Å²) >= 11 is 0. The van der Waals surface area contributed by atoms with Crippen LogP contribution in [0.3, 0.4) is 0 Å². The Bertz CT molecular complexity index is 370. The molecular formula is C18H36N2O2. The van der Waals surface area contributed by atoms with Crippen LogP contribution in [0.15, 0.2) is 0 Å². The molecule has 0 aliphatic rings. The lowest BCUT2D eigenvalue weighted by Crippen LogP contribution is -2.49. The molecule has 0 aliphatic heterocycles. The Morgan fingerprint density at radius 3 is 1.00 bits per heavy atom. The second-order valence-electron chi connectivity index (χ2n) is 9.26. The molecule has 0 radical (unpaired) electrons. The minimum Gasteiger partial charge on any atom is -0.354 e. The fourth-order valence-electron chi connectivity index (χ4n) is 1.48. The molecule has 2 amide bonds. The third-order valence-electron chi connectivity index (χ3n) is 5.58. The molecule has 4 nitrogen and oxygen atoms in total. The molecule has 0 rings (SSSR count). The topological polar surface area (TPSA) is 58.2 Å². The highest BCUT2D eigenvalue weighted by Crippen LogP contribution is 2.38. The Morgan fingerprint density at radius 1 is 0.591 bits per heavy atom. The first-order valence-electron chi connectivity index (χ1n) is 8.12. The van der Waals surface area contributed by atoms with E-state index >= 15 is 0 Å². The Hall–Kier alpha value is -1.06. The van der Waals surface area contributed by atoms with Gasteiger partial charge in [0.15, 0.2) is 0 Å². The van der Waals surface area contributed by atoms with Gasteiger partial charge in [0.05, 0.1) is 0 Å². The normalized spacial score (nSPS) is 13.7. The maximum Gasteiger partial charge on any atom is 0.226 e. The van der Waals surface area contributed by atoms with Gasteiger partial charge in [-0.25, -0.2) is 0 Å². The van der Waals surface area contributed by atoms with Crippen molar-refractivity contribution in [3.8, 4) is 0 Å². The number of amides is 2. The van der Waals surface area contributed by atoms with Gasteiger partial charge in [-0.05, 0) is 10.8 Å². The van der Waals surface area contributed by atoms with Gasteiger partial charge in [-0.1, -0.05) is 69.2 Å². The Balaban J connectivity index is 4.42. The number of carbonyl (C=O) groups is 2. The van der Waals surface area contributed by atoms with Crippen molar-refractivity contribution in [3.63, 3.8) is 0 Å². The van der Waals surface area contributed by atoms with Crippen molar-refractivity contribution >= 4 is 11.8 Å². The van der Waals surface area contributed by atoms with Gasteiger partial charge in [0.25, 0.3) is 0 Å². The smallest absolute Gasteiger partial charge is 0.226 e. The van der Waals surface area contributed by atoms with Crippen molar-refractivity contribution in [2.45, 2.75) is 69.2 Å². The molecule has 0 aromatic carbocycles. The zero-order valence-corrected chi connectivity index (χ0v) is 16.2. The second kappa shape index (κ2) is 6.59. The molecule has 0 aromatic rings. The van der Waals surface area contributed by atoms with Gasteiger partial charge in [0.2, 0.25) is 11.8 Å². The van der Waals surface area contributed by atoms with Gasteiger partial charge in [0, 0.05) is 23.9 Å². The van der Waals surface area contributed by atoms with Crippen LogP contribution in [0.5, 0.6) is 0 Å². The number of hydrogen-bond acceptors (Lipinski definition) is 2. The molecule has 0 aromatic heterocycles. The number of carbonyl (C=O) groups excluding carboxylic acids is 2. The van der Waals surface area contributed by atoms with E-state index in [1.54, 1.807) is 0 Å². The summed E-state index contributed by atoms with van der Waals surface area (Å²) < 4.78 is 0. The molecule has 2 N–H and O–H groups in total. The maximum absolute atomic E-state index is 12.3. The van der Waals surface area contributed by atoms with Crippen molar-refractivity contribution in [1.29, 1.82) is 0 Å². The predicted molar refractivity (Wildman–Crippen MR) is 92.5 cm³/mol. The predicted octanol–water partition coefficient (Wildman–Crippen LogP) is 3.36. The highest BCUT2D eigenvalue weighted by molar-refractivity contribution is 5.83. The van der Waals surface area contributed by atoms with Gasteiger partial charge in [-0.3, -0.25) is 9.59 Å². The molecule has 0 fully saturated rings. The van der Waals surface area contributed by atoms with Gasteiger partial charge < -0.3 is 10.6 Å². The Kier molecular flexibility index (Phi) is 6.27. The first-order valence-corrected chi connectivity index (χ1v) is 8.12. The largest absolute Gasteiger partial charge is 0.354 e. The third-order valence-corrected chi connectivity index (χ3v) is 5.58. The van der Waals surface area contributed by atoms with E-state index in [-0.39, 0.29) is 22.6 Å². The maximum atomic E-state index is 12.3. The van der Waals surface area contributed by atoms with Crippen LogP contribution in [0, 0.1) is 21.7 Å². The fraction of sp³-hybridized carbons (Fsp3) is 0.889. The molecule has 4 heteroatoms. The fourth-order valence-corrected chi connectivity index (χ4v) is 1.48. The van der Waals surface area contributed by atoms with E-state index in [0.717, 1.165) is 0 Å². The molecule has 0 spiro atoms. The molecule has 130 valence electrons. The van der Waals surface area contributed by atoms with Crippen LogP contribution in [0.4, 0.5) is 0 Å². The number of hydrogen-bond donors (Lipinski definition) is 2. The standard InChI is InChI=1S/C18H36N2O2/c1-15(2,3)17(7,8)13(21)19-11-12-20-14(22)18(9,10)16(4,5)6/h11-12H2,1-10H3,(H,19,21)(H,20,22). The molecule has 0 aliphatic carbocycles. The van der Waals surface area contributed by atoms with E-state index in [1.165, 1.54) is 0 Å². The summed E-state index contributed by atoms with van der Waals surface area (Å²) in [7, 11) is 0. The lowest BCUT2D eigenvalue weighted by molar-refractivity contribution is -0.136. The van der Waals surface area contributed by atoms with Gasteiger partial charge in [-0.15, -0.1) is 0 Å². The highest BCUT2D eigenvalue weighted by Gasteiger charge is 2.40. The molecule has 0 saturated carbocycles. The summed E-state index contributed by atoms with van der Waals surface area (Å²) in [5, 5.41) is 5.84. The molecule has 0 unspecified atom stereocenters. The second-order valence-corrected chi connectivity index (χ2v) is 9.26. The molecule has 0 heterocycles. The summed E-state index contributed by atoms with van der Waals surface area (Å²) in [4.78, 5) is 24.6. The van der Waals surface area contributed by atoms with Crippen LogP contribution in [-0.2, 0) is 9.59 Å². The Labute approximate surface area is 136 Å². The lowest BCUT2D eigenvalue weighted by Gasteiger charge is -2.38. The van der Waals surface area contributed by atoms with Gasteiger partial charge in [-0.2, -0.15) is 0 Å². The summed E-state index contributed by atoms with van der Waals surface area (Å²) in [6.07, 6.45) is 0. The summed E-state index contributed by atoms with van der Waals surface area (Å²) in [5.41, 5.74) is -1.15. The third kappa shape index (κ3) is 4.72. The molecule has 0 atom stereocenters. The average molecular weight is 312 g/mol. The highest BCUT2D eigenvalue weighted by atomic mass is 16.2. The number of rotatable bonds is 5. The van der Waals surface area contributed by atoms with E-state index in [2.05, 4.69) is 52.2 Å². The lowest BCUT2D eigenvalue weighted by atomic mass is 9.68. The van der Waals surface area contributed by atoms with Gasteiger partial charge >= 0.3 is 0 Å². The van der Waals surface area contributed by atoms with Crippen LogP contribution < -0.4 is 10.6 Å². The van der Waals surface area contributed by atoms with Crippen LogP contribution in [0.25, 0.3) is 0 Å². The van der Waals surface area contributed by atoms with E-state index in [4.69, 9.17) is 0 Å². The minimum atomic E-state index is -0.457. The van der Waals surface area contributed by atoms with E-state index in [9.17, 15) is 9.59 Å². The minimum absolute atomic E-state index is 0.0179. The van der Waals surface area contributed by atoms with Crippen LogP contribution in [0.1, 0.15) is 69.2 Å². The molecule has 22 heavy (non-hydrogen) atoms. The summed E-state index contributed by atoms with van der Waals surface area (Å²) in [5.74, 6) is 0.0358. The number of nitrogens with one attached hydrogen (secondary N) is 2. The van der Waals surface area contributed by atoms with Crippen molar-refractivity contribution in [2.75, 3.05) is 13.1 Å². The molecule has 0 saturated heterocycles. The first-order chi connectivity index (χ1) is 9.55. The molecular weight excluding hydrogens is 276 g/mol. The zero-order valence-electron chi connectivity index (χ0n) is 16.2. The summed E-state index contributed by atoms with van der Waals surface area (Å²) in [6.45, 7) is 21.0. The van der Waals surface area contributed by atoms with E-state index in [1.807, 2.05) is 27.7 Å². The van der Waals surface area contributed by atoms with Crippen LogP contribution in [0.2, 0.25) is 0 Å². The Morgan fingerprint density at radius 2 is 0.818 bits per heavy atom. The van der Waals surface area contributed by atoms with Crippen molar-refractivity contribution in [1.82, 2.24) is 10.6 Å². The SMILES string of the molecule is CC(C)(C)C(C)(C)C(=O)NCCNC(=O)C(C)(C)C(C)(C)C. The van der Waals surface area contributed by atoms with Crippen molar-refractivity contribution < 1.29 is 9.59 Å². The quantitative estimate of drug-likeness (QED) is 0.765. The average Bonchev–Trinajstić information content (AvgIpc) is 2.30. The summed E-state index contributed by atoms with van der Waals surface area (Å²) in [6, 6.07) is 0. The molecule has 0 bridgehead atoms. The first kappa shape index (κ1) is 20.9. The van der Waals surface area contributed by atoms with Crippen molar-refractivity contribution in [3.05, 3.63) is 0 Å². The van der Waals surface area contributed by atoms with E-state index < -0.39 is 10.8 Å². The monoisotopic (exact) mass is 312 g/mol. The zero-order chi connectivity index (χ0) is 18.0. The van der Waals surface area contributed by atoms with E-state index in [0.29, 0.717) is 13.1 Å². The van der Waals surface area contributed by atoms with Crippen LogP contribution in [-0.4, -0.2) is 24.9 Å². The van der Waals surface area contributed by atoms with Crippen molar-refractivity contribution in [2.24, 2.45) is 21.7 Å². The van der Waals surface area contributed by atoms with Crippen LogP contribution >= 0.6 is 0 Å². The van der Waals surface area contributed by atoms with Gasteiger partial charge in [0.1, 0.15) is 0 Å².